The van der Waals surface area contributed by atoms with Crippen molar-refractivity contribution < 1.29 is 42.3 Å². The van der Waals surface area contributed by atoms with Crippen LogP contribution in [0.1, 0.15) is 206 Å². The second-order valence-corrected chi connectivity index (χ2v) is 17.8. The number of carbonyl (C=O) groups excluding carboxylic acids is 2. The fourth-order valence-electron chi connectivity index (χ4n) is 6.89. The van der Waals surface area contributed by atoms with E-state index in [0.717, 1.165) is 44.9 Å². The van der Waals surface area contributed by atoms with Gasteiger partial charge >= 0.3 is 19.8 Å². The molecule has 1 fully saturated rings. The predicted octanol–water partition coefficient (Wildman–Crippen LogP) is 13.3. The molecule has 0 bridgehead atoms. The molecular weight excluding hydrogens is 778 g/mol. The number of hydrogen-bond donors (Lipinski definition) is 2. The summed E-state index contributed by atoms with van der Waals surface area (Å²) < 4.78 is 38.6. The van der Waals surface area contributed by atoms with Crippen molar-refractivity contribution in [3.05, 3.63) is 48.6 Å². The van der Waals surface area contributed by atoms with Gasteiger partial charge in [0.2, 0.25) is 0 Å². The molecule has 4 atom stereocenters. The number of allylic oxidation sites excluding steroid dienone is 7. The summed E-state index contributed by atoms with van der Waals surface area (Å²) >= 11 is 0. The summed E-state index contributed by atoms with van der Waals surface area (Å²) in [6.07, 6.45) is 50.4. The lowest BCUT2D eigenvalue weighted by Crippen LogP contribution is -2.29. The van der Waals surface area contributed by atoms with E-state index >= 15 is 0 Å². The van der Waals surface area contributed by atoms with Crippen molar-refractivity contribution in [1.82, 2.24) is 0 Å². The van der Waals surface area contributed by atoms with Gasteiger partial charge in [-0.2, -0.15) is 0 Å². The smallest absolute Gasteiger partial charge is 0.462 e. The molecule has 10 nitrogen and oxygen atoms in total. The van der Waals surface area contributed by atoms with Crippen LogP contribution in [0, 0.1) is 0 Å². The van der Waals surface area contributed by atoms with Crippen LogP contribution in [0.2, 0.25) is 0 Å². The molecule has 348 valence electrons. The molecule has 3 unspecified atom stereocenters. The molecule has 1 heterocycles. The number of nitrogens with two attached hydrogens (primary N) is 1. The van der Waals surface area contributed by atoms with E-state index in [0.29, 0.717) is 25.0 Å². The molecule has 1 aliphatic rings. The minimum atomic E-state index is -4.40. The van der Waals surface area contributed by atoms with Crippen LogP contribution in [0.3, 0.4) is 0 Å². The average Bonchev–Trinajstić information content (AvgIpc) is 3.99. The minimum absolute atomic E-state index is 0.0433. The quantitative estimate of drug-likeness (QED) is 0.0199. The molecule has 0 spiro atoms. The van der Waals surface area contributed by atoms with Gasteiger partial charge < -0.3 is 24.8 Å². The van der Waals surface area contributed by atoms with Gasteiger partial charge in [0.25, 0.3) is 0 Å². The molecule has 0 saturated carbocycles. The summed E-state index contributed by atoms with van der Waals surface area (Å²) in [6.45, 7) is 3.64. The van der Waals surface area contributed by atoms with Crippen molar-refractivity contribution in [1.29, 1.82) is 0 Å². The molecule has 0 radical (unpaired) electrons. The number of ether oxygens (including phenoxy) is 3. The summed E-state index contributed by atoms with van der Waals surface area (Å²) in [6, 6.07) is 0. The largest absolute Gasteiger partial charge is 0.472 e. The lowest BCUT2D eigenvalue weighted by molar-refractivity contribution is -0.161. The first-order chi connectivity index (χ1) is 29.3. The first kappa shape index (κ1) is 55.9. The van der Waals surface area contributed by atoms with E-state index in [1.807, 2.05) is 0 Å². The van der Waals surface area contributed by atoms with E-state index in [9.17, 15) is 19.0 Å². The van der Waals surface area contributed by atoms with Gasteiger partial charge in [-0.15, -0.1) is 0 Å². The molecule has 0 aromatic rings. The zero-order valence-corrected chi connectivity index (χ0v) is 39.0. The lowest BCUT2D eigenvalue weighted by Gasteiger charge is -2.19. The monoisotopic (exact) mass is 866 g/mol. The maximum atomic E-state index is 12.6. The number of carbonyl (C=O) groups is 2. The molecule has 3 N–H and O–H groups in total. The topological polar surface area (TPSA) is 147 Å². The van der Waals surface area contributed by atoms with E-state index in [-0.39, 0.29) is 32.6 Å². The van der Waals surface area contributed by atoms with Crippen molar-refractivity contribution in [3.63, 3.8) is 0 Å². The van der Waals surface area contributed by atoms with E-state index in [1.54, 1.807) is 0 Å². The standard InChI is InChI=1S/C49H88NO9P/c1-3-5-7-8-9-10-11-12-13-14-15-16-17-18-19-20-21-26-29-32-36-40-49(52)58-45(44-57-60(53,54)56-42-41-50)43-55-48(51)39-35-31-28-25-23-22-24-27-30-34-38-47-46(59-47)37-33-6-4-2/h12-13,22,24-25,28,30,34,45-47H,3-11,14-21,23,26-27,29,31-33,35-44,50H2,1-2H3,(H,53,54)/b13-12-,24-22-,28-25-,34-30-/t45-,46?,47?/m1/s1. The van der Waals surface area contributed by atoms with Gasteiger partial charge in [-0.25, -0.2) is 4.57 Å². The predicted molar refractivity (Wildman–Crippen MR) is 247 cm³/mol. The lowest BCUT2D eigenvalue weighted by atomic mass is 10.0. The summed E-state index contributed by atoms with van der Waals surface area (Å²) in [5, 5.41) is 0. The van der Waals surface area contributed by atoms with Crippen LogP contribution in [0.25, 0.3) is 0 Å². The summed E-state index contributed by atoms with van der Waals surface area (Å²) in [5.74, 6) is -0.897. The molecule has 60 heavy (non-hydrogen) atoms. The zero-order valence-electron chi connectivity index (χ0n) is 38.1. The van der Waals surface area contributed by atoms with Crippen LogP contribution in [-0.4, -0.2) is 61.5 Å². The van der Waals surface area contributed by atoms with E-state index < -0.39 is 32.5 Å². The molecule has 1 aliphatic heterocycles. The molecule has 0 amide bonds. The maximum absolute atomic E-state index is 12.6. The van der Waals surface area contributed by atoms with Gasteiger partial charge in [-0.1, -0.05) is 172 Å². The Labute approximate surface area is 366 Å². The zero-order chi connectivity index (χ0) is 43.6. The van der Waals surface area contributed by atoms with Gasteiger partial charge in [0.15, 0.2) is 6.10 Å². The van der Waals surface area contributed by atoms with Crippen LogP contribution in [0.5, 0.6) is 0 Å². The van der Waals surface area contributed by atoms with Crippen molar-refractivity contribution in [2.45, 2.75) is 225 Å². The van der Waals surface area contributed by atoms with Gasteiger partial charge in [0.1, 0.15) is 6.61 Å². The highest BCUT2D eigenvalue weighted by molar-refractivity contribution is 7.47. The molecule has 11 heteroatoms. The Morgan fingerprint density at radius 3 is 1.72 bits per heavy atom. The Bertz CT molecular complexity index is 1190. The van der Waals surface area contributed by atoms with E-state index in [1.165, 1.54) is 122 Å². The Morgan fingerprint density at radius 1 is 0.600 bits per heavy atom. The van der Waals surface area contributed by atoms with Crippen molar-refractivity contribution in [2.24, 2.45) is 5.73 Å². The highest BCUT2D eigenvalue weighted by atomic mass is 31.2. The van der Waals surface area contributed by atoms with Crippen molar-refractivity contribution in [2.75, 3.05) is 26.4 Å². The van der Waals surface area contributed by atoms with Crippen LogP contribution < -0.4 is 5.73 Å². The van der Waals surface area contributed by atoms with Gasteiger partial charge in [0, 0.05) is 19.4 Å². The molecule has 0 aliphatic carbocycles. The molecular formula is C49H88NO9P. The van der Waals surface area contributed by atoms with Crippen LogP contribution in [0.4, 0.5) is 0 Å². The maximum Gasteiger partial charge on any atom is 0.472 e. The SMILES string of the molecule is CCCCCCCC/C=C\CCCCCCCCCCCCCC(=O)O[C@H](COC(=O)CCC/C=C\C/C=C\C/C=C\CC1OC1CCCCC)COP(=O)(O)OCCN. The fourth-order valence-corrected chi connectivity index (χ4v) is 7.66. The molecule has 1 rings (SSSR count). The first-order valence-electron chi connectivity index (χ1n) is 24.2. The van der Waals surface area contributed by atoms with Crippen molar-refractivity contribution >= 4 is 19.8 Å². The molecule has 0 aromatic carbocycles. The van der Waals surface area contributed by atoms with Gasteiger partial charge in [-0.05, 0) is 70.6 Å². The number of epoxide rings is 1. The Hall–Kier alpha value is -2.07. The van der Waals surface area contributed by atoms with Crippen LogP contribution in [0.15, 0.2) is 48.6 Å². The highest BCUT2D eigenvalue weighted by Gasteiger charge is 2.36. The van der Waals surface area contributed by atoms with Crippen LogP contribution in [-0.2, 0) is 37.4 Å². The molecule has 1 saturated heterocycles. The van der Waals surface area contributed by atoms with E-state index in [2.05, 4.69) is 62.5 Å². The number of unbranched alkanes of at least 4 members (excludes halogenated alkanes) is 20. The van der Waals surface area contributed by atoms with Gasteiger partial charge in [-0.3, -0.25) is 18.6 Å². The minimum Gasteiger partial charge on any atom is -0.462 e. The first-order valence-corrected chi connectivity index (χ1v) is 25.7. The Kier molecular flexibility index (Phi) is 38.2. The average molecular weight is 866 g/mol. The second-order valence-electron chi connectivity index (χ2n) is 16.4. The summed E-state index contributed by atoms with van der Waals surface area (Å²) in [7, 11) is -4.40. The number of esters is 2. The third-order valence-corrected chi connectivity index (χ3v) is 11.6. The number of phosphoric acid groups is 1. The Balaban J connectivity index is 2.15. The fraction of sp³-hybridized carbons (Fsp3) is 0.796. The van der Waals surface area contributed by atoms with Crippen molar-refractivity contribution in [3.8, 4) is 0 Å². The molecule has 0 aromatic heterocycles. The number of phosphoric ester groups is 1. The highest BCUT2D eigenvalue weighted by Crippen LogP contribution is 2.43. The Morgan fingerprint density at radius 2 is 1.10 bits per heavy atom. The normalized spacial score (nSPS) is 17.0. The third-order valence-electron chi connectivity index (χ3n) is 10.6. The summed E-state index contributed by atoms with van der Waals surface area (Å²) in [4.78, 5) is 35.0. The van der Waals surface area contributed by atoms with Crippen LogP contribution >= 0.6 is 7.82 Å². The van der Waals surface area contributed by atoms with E-state index in [4.69, 9.17) is 29.0 Å². The summed E-state index contributed by atoms with van der Waals surface area (Å²) in [5.41, 5.74) is 5.36. The second kappa shape index (κ2) is 41.0. The third kappa shape index (κ3) is 37.7. The number of hydrogen-bond acceptors (Lipinski definition) is 9. The number of rotatable bonds is 44. The van der Waals surface area contributed by atoms with Gasteiger partial charge in [0.05, 0.1) is 25.4 Å².